The Labute approximate surface area is 128 Å². The average Bonchev–Trinajstić information content (AvgIpc) is 2.48. The molecule has 21 heavy (non-hydrogen) atoms. The zero-order valence-corrected chi connectivity index (χ0v) is 12.3. The highest BCUT2D eigenvalue weighted by atomic mass is 79.9. The van der Waals surface area contributed by atoms with Crippen LogP contribution < -0.4 is 5.32 Å². The van der Waals surface area contributed by atoms with E-state index in [0.29, 0.717) is 15.7 Å². The number of nitro benzene ring substituents is 1. The minimum absolute atomic E-state index is 0.116. The molecule has 2 aromatic rings. The normalized spacial score (nSPS) is 9.90. The van der Waals surface area contributed by atoms with Crippen molar-refractivity contribution in [1.82, 2.24) is 0 Å². The number of nitriles is 1. The lowest BCUT2D eigenvalue weighted by molar-refractivity contribution is -0.384. The van der Waals surface area contributed by atoms with Gasteiger partial charge in [-0.25, -0.2) is 0 Å². The van der Waals surface area contributed by atoms with Crippen molar-refractivity contribution in [2.45, 2.75) is 6.54 Å². The molecule has 2 rings (SSSR count). The number of halogens is 1. The summed E-state index contributed by atoms with van der Waals surface area (Å²) in [5.41, 5.74) is 1.16. The molecule has 0 fully saturated rings. The fraction of sp³-hybridized carbons (Fsp3) is 0.0714. The van der Waals surface area contributed by atoms with Crippen LogP contribution in [-0.4, -0.2) is 10.0 Å². The Hall–Kier alpha value is -2.59. The maximum atomic E-state index is 10.7. The maximum absolute atomic E-state index is 10.7. The molecule has 0 radical (unpaired) electrons. The van der Waals surface area contributed by atoms with Crippen LogP contribution in [0.4, 0.5) is 11.4 Å². The second-order valence-corrected chi connectivity index (χ2v) is 5.05. The molecule has 106 valence electrons. The van der Waals surface area contributed by atoms with Crippen LogP contribution in [0.5, 0.6) is 5.75 Å². The van der Waals surface area contributed by atoms with Crippen LogP contribution in [0.25, 0.3) is 0 Å². The first kappa shape index (κ1) is 14.8. The smallest absolute Gasteiger partial charge is 0.270 e. The summed E-state index contributed by atoms with van der Waals surface area (Å²) in [6.45, 7) is 0.289. The standard InChI is InChI=1S/C14H10BrN3O3/c15-12-3-1-2-9(14(12)19)8-17-13-5-4-11(18(20)21)6-10(13)7-16/h1-6,17,19H,8H2. The van der Waals surface area contributed by atoms with Crippen LogP contribution in [0.3, 0.4) is 0 Å². The van der Waals surface area contributed by atoms with Crippen LogP contribution >= 0.6 is 15.9 Å². The van der Waals surface area contributed by atoms with Gasteiger partial charge in [0.15, 0.2) is 0 Å². The number of nitrogens with one attached hydrogen (secondary N) is 1. The number of non-ortho nitro benzene ring substituents is 1. The number of para-hydroxylation sites is 1. The van der Waals surface area contributed by atoms with E-state index in [2.05, 4.69) is 21.2 Å². The van der Waals surface area contributed by atoms with Gasteiger partial charge in [0.1, 0.15) is 11.8 Å². The minimum Gasteiger partial charge on any atom is -0.506 e. The van der Waals surface area contributed by atoms with E-state index in [1.54, 1.807) is 18.2 Å². The molecule has 0 amide bonds. The molecule has 2 N–H and O–H groups in total. The highest BCUT2D eigenvalue weighted by Crippen LogP contribution is 2.28. The molecule has 2 aromatic carbocycles. The van der Waals surface area contributed by atoms with Crippen molar-refractivity contribution < 1.29 is 10.0 Å². The molecular formula is C14H10BrN3O3. The van der Waals surface area contributed by atoms with Gasteiger partial charge in [-0.3, -0.25) is 10.1 Å². The Balaban J connectivity index is 2.22. The fourth-order valence-corrected chi connectivity index (χ4v) is 2.19. The van der Waals surface area contributed by atoms with E-state index in [9.17, 15) is 15.2 Å². The van der Waals surface area contributed by atoms with Crippen molar-refractivity contribution in [3.05, 3.63) is 62.1 Å². The third-order valence-electron chi connectivity index (χ3n) is 2.87. The van der Waals surface area contributed by atoms with Crippen LogP contribution in [0, 0.1) is 21.4 Å². The summed E-state index contributed by atoms with van der Waals surface area (Å²) in [5.74, 6) is 0.116. The lowest BCUT2D eigenvalue weighted by atomic mass is 10.1. The molecule has 0 aliphatic rings. The highest BCUT2D eigenvalue weighted by Gasteiger charge is 2.11. The van der Waals surface area contributed by atoms with Gasteiger partial charge in [0, 0.05) is 24.2 Å². The lowest BCUT2D eigenvalue weighted by Gasteiger charge is -2.10. The number of phenolic OH excluding ortho intramolecular Hbond substituents is 1. The maximum Gasteiger partial charge on any atom is 0.270 e. The molecule has 0 unspecified atom stereocenters. The molecule has 0 aliphatic carbocycles. The summed E-state index contributed by atoms with van der Waals surface area (Å²) in [7, 11) is 0. The van der Waals surface area contributed by atoms with Gasteiger partial charge in [-0.05, 0) is 28.1 Å². The van der Waals surface area contributed by atoms with Gasteiger partial charge in [0.05, 0.1) is 20.6 Å². The summed E-state index contributed by atoms with van der Waals surface area (Å²) in [6, 6.07) is 11.2. The van der Waals surface area contributed by atoms with E-state index >= 15 is 0 Å². The predicted molar refractivity (Wildman–Crippen MR) is 80.9 cm³/mol. The number of anilines is 1. The Morgan fingerprint density at radius 2 is 2.14 bits per heavy atom. The molecule has 0 bridgehead atoms. The molecule has 0 saturated carbocycles. The minimum atomic E-state index is -0.551. The van der Waals surface area contributed by atoms with Crippen LogP contribution in [-0.2, 0) is 6.54 Å². The number of nitrogens with zero attached hydrogens (tertiary/aromatic N) is 2. The number of benzene rings is 2. The van der Waals surface area contributed by atoms with Crippen molar-refractivity contribution in [1.29, 1.82) is 5.26 Å². The number of rotatable bonds is 4. The number of nitro groups is 1. The van der Waals surface area contributed by atoms with Crippen molar-refractivity contribution in [3.8, 4) is 11.8 Å². The number of hydrogen-bond acceptors (Lipinski definition) is 5. The zero-order valence-electron chi connectivity index (χ0n) is 10.7. The van der Waals surface area contributed by atoms with Crippen molar-refractivity contribution in [3.63, 3.8) is 0 Å². The van der Waals surface area contributed by atoms with E-state index in [0.717, 1.165) is 0 Å². The summed E-state index contributed by atoms with van der Waals surface area (Å²) >= 11 is 3.22. The van der Waals surface area contributed by atoms with E-state index in [-0.39, 0.29) is 23.5 Å². The second-order valence-electron chi connectivity index (χ2n) is 4.20. The molecule has 0 saturated heterocycles. The Kier molecular flexibility index (Phi) is 4.40. The fourth-order valence-electron chi connectivity index (χ4n) is 1.79. The van der Waals surface area contributed by atoms with Crippen molar-refractivity contribution in [2.24, 2.45) is 0 Å². The van der Waals surface area contributed by atoms with Crippen molar-refractivity contribution >= 4 is 27.3 Å². The third-order valence-corrected chi connectivity index (χ3v) is 3.51. The first-order valence-corrected chi connectivity index (χ1v) is 6.71. The molecule has 6 nitrogen and oxygen atoms in total. The quantitative estimate of drug-likeness (QED) is 0.650. The highest BCUT2D eigenvalue weighted by molar-refractivity contribution is 9.10. The number of phenols is 1. The average molecular weight is 348 g/mol. The first-order chi connectivity index (χ1) is 10.0. The SMILES string of the molecule is N#Cc1cc([N+](=O)[O-])ccc1NCc1cccc(Br)c1O. The monoisotopic (exact) mass is 347 g/mol. The molecule has 0 spiro atoms. The van der Waals surface area contributed by atoms with Gasteiger partial charge in [-0.2, -0.15) is 5.26 Å². The van der Waals surface area contributed by atoms with Crippen LogP contribution in [0.2, 0.25) is 0 Å². The van der Waals surface area contributed by atoms with Gasteiger partial charge >= 0.3 is 0 Å². The van der Waals surface area contributed by atoms with Crippen LogP contribution in [0.15, 0.2) is 40.9 Å². The van der Waals surface area contributed by atoms with E-state index < -0.39 is 4.92 Å². The van der Waals surface area contributed by atoms with Gasteiger partial charge in [0.25, 0.3) is 5.69 Å². The van der Waals surface area contributed by atoms with E-state index in [1.807, 2.05) is 6.07 Å². The third kappa shape index (κ3) is 3.30. The lowest BCUT2D eigenvalue weighted by Crippen LogP contribution is -2.02. The summed E-state index contributed by atoms with van der Waals surface area (Å²) < 4.78 is 0.575. The molecule has 0 aliphatic heterocycles. The molecule has 0 atom stereocenters. The Bertz CT molecular complexity index is 741. The Morgan fingerprint density at radius 3 is 2.81 bits per heavy atom. The topological polar surface area (TPSA) is 99.2 Å². The Morgan fingerprint density at radius 1 is 1.38 bits per heavy atom. The van der Waals surface area contributed by atoms with Crippen molar-refractivity contribution in [2.75, 3.05) is 5.32 Å². The van der Waals surface area contributed by atoms with E-state index in [4.69, 9.17) is 5.26 Å². The summed E-state index contributed by atoms with van der Waals surface area (Å²) in [6.07, 6.45) is 0. The van der Waals surface area contributed by atoms with Gasteiger partial charge in [-0.15, -0.1) is 0 Å². The first-order valence-electron chi connectivity index (χ1n) is 5.91. The number of aromatic hydroxyl groups is 1. The molecule has 0 aromatic heterocycles. The van der Waals surface area contributed by atoms with E-state index in [1.165, 1.54) is 18.2 Å². The molecular weight excluding hydrogens is 338 g/mol. The zero-order chi connectivity index (χ0) is 15.4. The predicted octanol–water partition coefficient (Wildman–Crippen LogP) is 3.55. The van der Waals surface area contributed by atoms with Gasteiger partial charge in [0.2, 0.25) is 0 Å². The summed E-state index contributed by atoms with van der Waals surface area (Å²) in [5, 5.41) is 32.6. The molecule has 0 heterocycles. The second kappa shape index (κ2) is 6.24. The molecule has 7 heteroatoms. The summed E-state index contributed by atoms with van der Waals surface area (Å²) in [4.78, 5) is 10.1. The van der Waals surface area contributed by atoms with Gasteiger partial charge in [-0.1, -0.05) is 12.1 Å². The van der Waals surface area contributed by atoms with Crippen LogP contribution in [0.1, 0.15) is 11.1 Å². The largest absolute Gasteiger partial charge is 0.506 e. The number of hydrogen-bond donors (Lipinski definition) is 2. The van der Waals surface area contributed by atoms with Gasteiger partial charge < -0.3 is 10.4 Å².